The standard InChI is InChI=1S/C20H21NO2/c1-12(2)14-9-13(3)20(19(10-14)23-4)17-11-18(22)15-7-5-6-8-16(15)21-17/h5-12H,1-4H3,(H,21,22). The Bertz CT molecular complexity index is 923. The average Bonchev–Trinajstić information content (AvgIpc) is 2.53. The van der Waals surface area contributed by atoms with Crippen molar-refractivity contribution < 1.29 is 4.74 Å². The number of aromatic nitrogens is 1. The second-order valence-corrected chi connectivity index (χ2v) is 6.16. The predicted molar refractivity (Wildman–Crippen MR) is 95.4 cm³/mol. The monoisotopic (exact) mass is 307 g/mol. The summed E-state index contributed by atoms with van der Waals surface area (Å²) in [5, 5.41) is 0.701. The molecule has 0 bridgehead atoms. The Labute approximate surface area is 135 Å². The topological polar surface area (TPSA) is 42.1 Å². The first-order valence-electron chi connectivity index (χ1n) is 7.82. The molecule has 1 heterocycles. The third kappa shape index (κ3) is 2.74. The van der Waals surface area contributed by atoms with Crippen LogP contribution in [0.15, 0.2) is 47.3 Å². The van der Waals surface area contributed by atoms with Crippen LogP contribution in [0.1, 0.15) is 30.9 Å². The molecule has 0 saturated heterocycles. The van der Waals surface area contributed by atoms with Gasteiger partial charge in [0.1, 0.15) is 5.75 Å². The summed E-state index contributed by atoms with van der Waals surface area (Å²) in [6, 6.07) is 13.4. The van der Waals surface area contributed by atoms with E-state index in [1.807, 2.05) is 24.3 Å². The maximum absolute atomic E-state index is 12.4. The van der Waals surface area contributed by atoms with Gasteiger partial charge in [-0.3, -0.25) is 4.79 Å². The fraction of sp³-hybridized carbons (Fsp3) is 0.250. The van der Waals surface area contributed by atoms with Crippen LogP contribution in [0.4, 0.5) is 0 Å². The summed E-state index contributed by atoms with van der Waals surface area (Å²) in [7, 11) is 1.67. The molecule has 0 aliphatic rings. The molecule has 1 N–H and O–H groups in total. The van der Waals surface area contributed by atoms with Gasteiger partial charge in [0.15, 0.2) is 5.43 Å². The lowest BCUT2D eigenvalue weighted by molar-refractivity contribution is 0.415. The third-order valence-corrected chi connectivity index (χ3v) is 4.21. The highest BCUT2D eigenvalue weighted by atomic mass is 16.5. The SMILES string of the molecule is COc1cc(C(C)C)cc(C)c1-c1cc(=O)c2ccccc2[nH]1. The van der Waals surface area contributed by atoms with Gasteiger partial charge < -0.3 is 9.72 Å². The zero-order chi connectivity index (χ0) is 16.6. The molecule has 1 aromatic heterocycles. The molecule has 118 valence electrons. The van der Waals surface area contributed by atoms with E-state index >= 15 is 0 Å². The van der Waals surface area contributed by atoms with Crippen LogP contribution < -0.4 is 10.2 Å². The molecule has 0 unspecified atom stereocenters. The van der Waals surface area contributed by atoms with Gasteiger partial charge in [-0.2, -0.15) is 0 Å². The number of rotatable bonds is 3. The second kappa shape index (κ2) is 5.92. The van der Waals surface area contributed by atoms with Gasteiger partial charge in [-0.1, -0.05) is 32.0 Å². The first-order valence-corrected chi connectivity index (χ1v) is 7.82. The van der Waals surface area contributed by atoms with E-state index in [1.54, 1.807) is 13.2 Å². The molecule has 0 spiro atoms. The molecule has 2 aromatic carbocycles. The Morgan fingerprint density at radius 2 is 1.83 bits per heavy atom. The Morgan fingerprint density at radius 3 is 2.52 bits per heavy atom. The fourth-order valence-electron chi connectivity index (χ4n) is 2.95. The number of aromatic amines is 1. The molecule has 0 aliphatic heterocycles. The molecule has 0 saturated carbocycles. The minimum absolute atomic E-state index is 0.0174. The van der Waals surface area contributed by atoms with Crippen LogP contribution in [0.3, 0.4) is 0 Å². The van der Waals surface area contributed by atoms with E-state index < -0.39 is 0 Å². The largest absolute Gasteiger partial charge is 0.496 e. The van der Waals surface area contributed by atoms with Crippen molar-refractivity contribution in [2.24, 2.45) is 0 Å². The molecule has 3 aromatic rings. The Morgan fingerprint density at radius 1 is 1.09 bits per heavy atom. The summed E-state index contributed by atoms with van der Waals surface area (Å²) in [5.41, 5.74) is 4.91. The molecule has 0 atom stereocenters. The second-order valence-electron chi connectivity index (χ2n) is 6.16. The molecule has 0 amide bonds. The number of benzene rings is 2. The fourth-order valence-corrected chi connectivity index (χ4v) is 2.95. The molecule has 0 radical (unpaired) electrons. The van der Waals surface area contributed by atoms with Gasteiger partial charge in [-0.25, -0.2) is 0 Å². The number of aryl methyl sites for hydroxylation is 1. The molecule has 23 heavy (non-hydrogen) atoms. The highest BCUT2D eigenvalue weighted by Gasteiger charge is 2.14. The van der Waals surface area contributed by atoms with E-state index in [0.29, 0.717) is 11.3 Å². The normalized spacial score (nSPS) is 11.2. The predicted octanol–water partition coefficient (Wildman–Crippen LogP) is 4.64. The number of nitrogens with one attached hydrogen (secondary N) is 1. The Hall–Kier alpha value is -2.55. The Balaban J connectivity index is 2.28. The third-order valence-electron chi connectivity index (χ3n) is 4.21. The number of ether oxygens (including phenoxy) is 1. The minimum atomic E-state index is 0.0174. The molecule has 0 fully saturated rings. The molecule has 3 rings (SSSR count). The van der Waals surface area contributed by atoms with Crippen LogP contribution in [-0.4, -0.2) is 12.1 Å². The van der Waals surface area contributed by atoms with Gasteiger partial charge in [-0.15, -0.1) is 0 Å². The van der Waals surface area contributed by atoms with Crippen LogP contribution in [0.25, 0.3) is 22.2 Å². The summed E-state index contributed by atoms with van der Waals surface area (Å²) in [6.07, 6.45) is 0. The minimum Gasteiger partial charge on any atom is -0.496 e. The van der Waals surface area contributed by atoms with E-state index in [0.717, 1.165) is 28.1 Å². The van der Waals surface area contributed by atoms with Crippen LogP contribution in [-0.2, 0) is 0 Å². The van der Waals surface area contributed by atoms with Crippen molar-refractivity contribution in [3.63, 3.8) is 0 Å². The summed E-state index contributed by atoms with van der Waals surface area (Å²) in [4.78, 5) is 15.8. The number of pyridine rings is 1. The van der Waals surface area contributed by atoms with Crippen LogP contribution in [0.2, 0.25) is 0 Å². The highest BCUT2D eigenvalue weighted by Crippen LogP contribution is 2.35. The molecular formula is C20H21NO2. The number of hydrogen-bond acceptors (Lipinski definition) is 2. The zero-order valence-electron chi connectivity index (χ0n) is 13.9. The van der Waals surface area contributed by atoms with Crippen LogP contribution >= 0.6 is 0 Å². The van der Waals surface area contributed by atoms with Gasteiger partial charge >= 0.3 is 0 Å². The molecule has 0 aliphatic carbocycles. The lowest BCUT2D eigenvalue weighted by Crippen LogP contribution is -2.04. The number of fused-ring (bicyclic) bond motifs is 1. The lowest BCUT2D eigenvalue weighted by Gasteiger charge is -2.16. The maximum atomic E-state index is 12.4. The van der Waals surface area contributed by atoms with Crippen molar-refractivity contribution in [1.82, 2.24) is 4.98 Å². The van der Waals surface area contributed by atoms with E-state index in [9.17, 15) is 4.79 Å². The van der Waals surface area contributed by atoms with Crippen LogP contribution in [0.5, 0.6) is 5.75 Å². The summed E-state index contributed by atoms with van der Waals surface area (Å²) in [5.74, 6) is 1.21. The van der Waals surface area contributed by atoms with Crippen molar-refractivity contribution in [2.75, 3.05) is 7.11 Å². The van der Waals surface area contributed by atoms with Gasteiger partial charge in [0.2, 0.25) is 0 Å². The van der Waals surface area contributed by atoms with Crippen molar-refractivity contribution >= 4 is 10.9 Å². The molecule has 3 heteroatoms. The maximum Gasteiger partial charge on any atom is 0.190 e. The lowest BCUT2D eigenvalue weighted by atomic mass is 9.95. The van der Waals surface area contributed by atoms with E-state index in [-0.39, 0.29) is 5.43 Å². The van der Waals surface area contributed by atoms with Gasteiger partial charge in [-0.05, 0) is 42.2 Å². The smallest absolute Gasteiger partial charge is 0.190 e. The van der Waals surface area contributed by atoms with Crippen molar-refractivity contribution in [1.29, 1.82) is 0 Å². The summed E-state index contributed by atoms with van der Waals surface area (Å²) >= 11 is 0. The van der Waals surface area contributed by atoms with E-state index in [4.69, 9.17) is 4.74 Å². The van der Waals surface area contributed by atoms with Gasteiger partial charge in [0.05, 0.1) is 12.8 Å². The van der Waals surface area contributed by atoms with Gasteiger partial charge in [0, 0.05) is 22.5 Å². The van der Waals surface area contributed by atoms with Gasteiger partial charge in [0.25, 0.3) is 0 Å². The number of hydrogen-bond donors (Lipinski definition) is 1. The molecular weight excluding hydrogens is 286 g/mol. The van der Waals surface area contributed by atoms with Crippen LogP contribution in [0, 0.1) is 6.92 Å². The zero-order valence-corrected chi connectivity index (χ0v) is 13.9. The highest BCUT2D eigenvalue weighted by molar-refractivity contribution is 5.83. The quantitative estimate of drug-likeness (QED) is 0.766. The summed E-state index contributed by atoms with van der Waals surface area (Å²) < 4.78 is 5.60. The number of methoxy groups -OCH3 is 1. The summed E-state index contributed by atoms with van der Waals surface area (Å²) in [6.45, 7) is 6.37. The number of H-pyrrole nitrogens is 1. The van der Waals surface area contributed by atoms with Crippen molar-refractivity contribution in [3.8, 4) is 17.0 Å². The van der Waals surface area contributed by atoms with Crippen molar-refractivity contribution in [2.45, 2.75) is 26.7 Å². The van der Waals surface area contributed by atoms with E-state index in [1.165, 1.54) is 5.56 Å². The first kappa shape index (κ1) is 15.3. The van der Waals surface area contributed by atoms with Crippen molar-refractivity contribution in [3.05, 3.63) is 63.8 Å². The van der Waals surface area contributed by atoms with E-state index in [2.05, 4.69) is 37.9 Å². The number of para-hydroxylation sites is 1. The first-order chi connectivity index (χ1) is 11.0. The Kier molecular flexibility index (Phi) is 3.95. The average molecular weight is 307 g/mol. The molecule has 3 nitrogen and oxygen atoms in total.